The number of nitrogens with zero attached hydrogens (tertiary/aromatic N) is 1. The van der Waals surface area contributed by atoms with Crippen LogP contribution in [0.2, 0.25) is 0 Å². The molecule has 0 unspecified atom stereocenters. The van der Waals surface area contributed by atoms with Crippen LogP contribution in [0.25, 0.3) is 0 Å². The van der Waals surface area contributed by atoms with Crippen LogP contribution in [0.1, 0.15) is 18.9 Å². The lowest BCUT2D eigenvalue weighted by molar-refractivity contribution is -0.135. The molecule has 1 aromatic carbocycles. The summed E-state index contributed by atoms with van der Waals surface area (Å²) in [7, 11) is 3.32. The summed E-state index contributed by atoms with van der Waals surface area (Å²) in [6.45, 7) is 5.08. The van der Waals surface area contributed by atoms with Crippen LogP contribution in [-0.2, 0) is 16.1 Å². The van der Waals surface area contributed by atoms with Gasteiger partial charge in [-0.25, -0.2) is 0 Å². The lowest BCUT2D eigenvalue weighted by Crippen LogP contribution is -2.25. The molecule has 0 saturated heterocycles. The highest BCUT2D eigenvalue weighted by Gasteiger charge is 2.11. The number of anilines is 1. The lowest BCUT2D eigenvalue weighted by Gasteiger charge is -2.20. The quantitative estimate of drug-likeness (QED) is 0.607. The fourth-order valence-corrected chi connectivity index (χ4v) is 2.11. The molecule has 2 N–H and O–H groups in total. The zero-order valence-electron chi connectivity index (χ0n) is 13.6. The molecule has 0 aliphatic rings. The molecule has 6 heteroatoms. The molecule has 22 heavy (non-hydrogen) atoms. The Morgan fingerprint density at radius 2 is 2.18 bits per heavy atom. The predicted molar refractivity (Wildman–Crippen MR) is 86.7 cm³/mol. The maximum absolute atomic E-state index is 10.8. The van der Waals surface area contributed by atoms with Gasteiger partial charge in [0.25, 0.3) is 0 Å². The average molecular weight is 310 g/mol. The summed E-state index contributed by atoms with van der Waals surface area (Å²) in [6.07, 6.45) is 0.977. The number of rotatable bonds is 11. The van der Waals surface area contributed by atoms with E-state index in [1.807, 2.05) is 25.1 Å². The van der Waals surface area contributed by atoms with Gasteiger partial charge >= 0.3 is 5.97 Å². The summed E-state index contributed by atoms with van der Waals surface area (Å²) >= 11 is 0. The van der Waals surface area contributed by atoms with E-state index in [0.717, 1.165) is 44.0 Å². The number of hydrogen-bond acceptors (Lipinski definition) is 5. The van der Waals surface area contributed by atoms with Crippen molar-refractivity contribution in [3.8, 4) is 5.75 Å². The number of carboxylic acid groups (broad SMARTS) is 1. The van der Waals surface area contributed by atoms with Gasteiger partial charge in [0, 0.05) is 26.8 Å². The summed E-state index contributed by atoms with van der Waals surface area (Å²) in [5.74, 6) is -0.193. The van der Waals surface area contributed by atoms with E-state index < -0.39 is 5.97 Å². The van der Waals surface area contributed by atoms with Crippen LogP contribution in [-0.4, -0.2) is 51.5 Å². The molecule has 1 rings (SSSR count). The normalized spacial score (nSPS) is 10.5. The summed E-state index contributed by atoms with van der Waals surface area (Å²) in [4.78, 5) is 12.4. The molecule has 6 nitrogen and oxygen atoms in total. The van der Waals surface area contributed by atoms with Crippen molar-refractivity contribution in [1.29, 1.82) is 0 Å². The van der Waals surface area contributed by atoms with Crippen molar-refractivity contribution in [1.82, 2.24) is 5.32 Å². The van der Waals surface area contributed by atoms with E-state index in [1.54, 1.807) is 19.1 Å². The first-order chi connectivity index (χ1) is 10.6. The Morgan fingerprint density at radius 3 is 2.82 bits per heavy atom. The number of ether oxygens (including phenoxy) is 2. The van der Waals surface area contributed by atoms with Crippen molar-refractivity contribution in [2.45, 2.75) is 19.9 Å². The van der Waals surface area contributed by atoms with Crippen LogP contribution >= 0.6 is 0 Å². The Labute approximate surface area is 132 Å². The molecule has 0 atom stereocenters. The molecular weight excluding hydrogens is 284 g/mol. The van der Waals surface area contributed by atoms with Crippen molar-refractivity contribution < 1.29 is 19.4 Å². The van der Waals surface area contributed by atoms with Gasteiger partial charge in [-0.05, 0) is 37.6 Å². The topological polar surface area (TPSA) is 71.0 Å². The van der Waals surface area contributed by atoms with Gasteiger partial charge in [-0.2, -0.15) is 0 Å². The number of carboxylic acids is 1. The second-order valence-electron chi connectivity index (χ2n) is 4.98. The first-order valence-electron chi connectivity index (χ1n) is 7.46. The van der Waals surface area contributed by atoms with E-state index in [9.17, 15) is 4.79 Å². The third kappa shape index (κ3) is 6.32. The molecule has 124 valence electrons. The molecule has 0 saturated carbocycles. The molecule has 0 spiro atoms. The molecular formula is C16H26N2O4. The van der Waals surface area contributed by atoms with Crippen molar-refractivity contribution in [3.05, 3.63) is 23.8 Å². The number of carbonyl (C=O) groups is 1. The fraction of sp³-hybridized carbons (Fsp3) is 0.562. The number of hydrogen-bond donors (Lipinski definition) is 2. The number of aliphatic carboxylic acids is 1. The first-order valence-corrected chi connectivity index (χ1v) is 7.46. The SMILES string of the molecule is CCOCCCNCc1ccc(N(C)CC(=O)O)c(OC)c1. The Kier molecular flexibility index (Phi) is 8.32. The minimum atomic E-state index is -0.871. The van der Waals surface area contributed by atoms with E-state index in [1.165, 1.54) is 0 Å². The van der Waals surface area contributed by atoms with Gasteiger partial charge in [0.15, 0.2) is 0 Å². The predicted octanol–water partition coefficient (Wildman–Crippen LogP) is 1.73. The van der Waals surface area contributed by atoms with Crippen LogP contribution in [0, 0.1) is 0 Å². The maximum atomic E-state index is 10.8. The van der Waals surface area contributed by atoms with Gasteiger partial charge in [-0.15, -0.1) is 0 Å². The second kappa shape index (κ2) is 10.0. The molecule has 0 fully saturated rings. The van der Waals surface area contributed by atoms with E-state index >= 15 is 0 Å². The van der Waals surface area contributed by atoms with Crippen LogP contribution in [0.5, 0.6) is 5.75 Å². The summed E-state index contributed by atoms with van der Waals surface area (Å²) in [6, 6.07) is 5.80. The summed E-state index contributed by atoms with van der Waals surface area (Å²) < 4.78 is 10.6. The van der Waals surface area contributed by atoms with E-state index in [2.05, 4.69) is 5.32 Å². The number of benzene rings is 1. The molecule has 0 heterocycles. The average Bonchev–Trinajstić information content (AvgIpc) is 2.49. The van der Waals surface area contributed by atoms with Gasteiger partial charge in [-0.1, -0.05) is 6.07 Å². The highest BCUT2D eigenvalue weighted by atomic mass is 16.5. The zero-order valence-corrected chi connectivity index (χ0v) is 13.6. The van der Waals surface area contributed by atoms with Gasteiger partial charge in [0.05, 0.1) is 12.8 Å². The van der Waals surface area contributed by atoms with Crippen LogP contribution < -0.4 is 15.0 Å². The van der Waals surface area contributed by atoms with Crippen molar-refractivity contribution in [2.75, 3.05) is 45.4 Å². The van der Waals surface area contributed by atoms with Gasteiger partial charge in [0.1, 0.15) is 12.3 Å². The zero-order chi connectivity index (χ0) is 16.4. The van der Waals surface area contributed by atoms with Gasteiger partial charge in [0.2, 0.25) is 0 Å². The fourth-order valence-electron chi connectivity index (χ4n) is 2.11. The minimum Gasteiger partial charge on any atom is -0.495 e. The van der Waals surface area contributed by atoms with E-state index in [-0.39, 0.29) is 6.54 Å². The molecule has 0 amide bonds. The highest BCUT2D eigenvalue weighted by Crippen LogP contribution is 2.28. The third-order valence-corrected chi connectivity index (χ3v) is 3.20. The standard InChI is InChI=1S/C16H26N2O4/c1-4-22-9-5-8-17-11-13-6-7-14(15(10-13)21-3)18(2)12-16(19)20/h6-7,10,17H,4-5,8-9,11-12H2,1-3H3,(H,19,20). The van der Waals surface area contributed by atoms with Gasteiger partial charge in [-0.3, -0.25) is 4.79 Å². The highest BCUT2D eigenvalue weighted by molar-refractivity contribution is 5.75. The Balaban J connectivity index is 2.55. The maximum Gasteiger partial charge on any atom is 0.323 e. The summed E-state index contributed by atoms with van der Waals surface area (Å²) in [5.41, 5.74) is 1.87. The Morgan fingerprint density at radius 1 is 1.41 bits per heavy atom. The summed E-state index contributed by atoms with van der Waals surface area (Å²) in [5, 5.41) is 12.2. The molecule has 0 bridgehead atoms. The molecule has 0 radical (unpaired) electrons. The van der Waals surface area contributed by atoms with Crippen LogP contribution in [0.4, 0.5) is 5.69 Å². The lowest BCUT2D eigenvalue weighted by atomic mass is 10.1. The monoisotopic (exact) mass is 310 g/mol. The van der Waals surface area contributed by atoms with Gasteiger partial charge < -0.3 is 24.8 Å². The van der Waals surface area contributed by atoms with Crippen molar-refractivity contribution in [2.24, 2.45) is 0 Å². The molecule has 0 aliphatic carbocycles. The Bertz CT molecular complexity index is 465. The number of methoxy groups -OCH3 is 1. The third-order valence-electron chi connectivity index (χ3n) is 3.20. The van der Waals surface area contributed by atoms with Crippen LogP contribution in [0.15, 0.2) is 18.2 Å². The second-order valence-corrected chi connectivity index (χ2v) is 4.98. The molecule has 0 aliphatic heterocycles. The largest absolute Gasteiger partial charge is 0.495 e. The van der Waals surface area contributed by atoms with Crippen molar-refractivity contribution >= 4 is 11.7 Å². The van der Waals surface area contributed by atoms with Crippen LogP contribution in [0.3, 0.4) is 0 Å². The number of nitrogens with one attached hydrogen (secondary N) is 1. The van der Waals surface area contributed by atoms with Crippen molar-refractivity contribution in [3.63, 3.8) is 0 Å². The molecule has 1 aromatic rings. The van der Waals surface area contributed by atoms with E-state index in [4.69, 9.17) is 14.6 Å². The minimum absolute atomic E-state index is 0.0641. The number of likely N-dealkylation sites (N-methyl/N-ethyl adjacent to an activating group) is 1. The van der Waals surface area contributed by atoms with E-state index in [0.29, 0.717) is 5.75 Å². The smallest absolute Gasteiger partial charge is 0.323 e. The first kappa shape index (κ1) is 18.3. The Hall–Kier alpha value is -1.79. The molecule has 0 aromatic heterocycles.